The number of primary amides is 1. The van der Waals surface area contributed by atoms with Gasteiger partial charge in [0.25, 0.3) is 5.91 Å². The summed E-state index contributed by atoms with van der Waals surface area (Å²) >= 11 is 0. The second-order valence-electron chi connectivity index (χ2n) is 7.12. The van der Waals surface area contributed by atoms with Gasteiger partial charge in [-0.2, -0.15) is 5.10 Å². The zero-order valence-corrected chi connectivity index (χ0v) is 14.8. The SMILES string of the molecule is Cc1cc(N2CCCCC2)ccc1C1CC(=O)Nc2n[nH]c(C(N)=O)c21. The molecule has 0 aliphatic carbocycles. The van der Waals surface area contributed by atoms with E-state index in [-0.39, 0.29) is 23.9 Å². The minimum Gasteiger partial charge on any atom is -0.372 e. The van der Waals surface area contributed by atoms with Gasteiger partial charge < -0.3 is 16.0 Å². The average molecular weight is 353 g/mol. The van der Waals surface area contributed by atoms with Crippen LogP contribution in [0.1, 0.15) is 58.8 Å². The molecule has 136 valence electrons. The second-order valence-corrected chi connectivity index (χ2v) is 7.12. The second kappa shape index (κ2) is 6.48. The molecule has 7 heteroatoms. The lowest BCUT2D eigenvalue weighted by Crippen LogP contribution is -2.29. The van der Waals surface area contributed by atoms with Gasteiger partial charge in [-0.3, -0.25) is 14.7 Å². The summed E-state index contributed by atoms with van der Waals surface area (Å²) in [6, 6.07) is 6.37. The summed E-state index contributed by atoms with van der Waals surface area (Å²) in [5, 5.41) is 9.45. The lowest BCUT2D eigenvalue weighted by atomic mass is 9.83. The summed E-state index contributed by atoms with van der Waals surface area (Å²) in [5.74, 6) is -0.498. The maximum atomic E-state index is 12.1. The number of piperidine rings is 1. The number of carbonyl (C=O) groups excluding carboxylic acids is 2. The number of nitrogens with zero attached hydrogens (tertiary/aromatic N) is 2. The van der Waals surface area contributed by atoms with Gasteiger partial charge in [0.15, 0.2) is 5.82 Å². The summed E-state index contributed by atoms with van der Waals surface area (Å²) in [7, 11) is 0. The summed E-state index contributed by atoms with van der Waals surface area (Å²) in [6.45, 7) is 4.23. The zero-order valence-electron chi connectivity index (χ0n) is 14.8. The van der Waals surface area contributed by atoms with E-state index < -0.39 is 5.91 Å². The molecule has 0 saturated carbocycles. The Morgan fingerprint density at radius 1 is 1.27 bits per heavy atom. The Balaban J connectivity index is 1.73. The third-order valence-corrected chi connectivity index (χ3v) is 5.40. The number of nitrogens with one attached hydrogen (secondary N) is 2. The van der Waals surface area contributed by atoms with E-state index in [1.54, 1.807) is 0 Å². The van der Waals surface area contributed by atoms with Crippen molar-refractivity contribution >= 4 is 23.3 Å². The number of aromatic amines is 1. The Kier molecular flexibility index (Phi) is 4.14. The third-order valence-electron chi connectivity index (χ3n) is 5.40. The molecule has 1 aromatic heterocycles. The number of benzene rings is 1. The topological polar surface area (TPSA) is 104 Å². The molecular formula is C19H23N5O2. The van der Waals surface area contributed by atoms with Crippen molar-refractivity contribution < 1.29 is 9.59 Å². The number of carbonyl (C=O) groups is 2. The maximum absolute atomic E-state index is 12.1. The molecular weight excluding hydrogens is 330 g/mol. The molecule has 0 radical (unpaired) electrons. The molecule has 1 atom stereocenters. The van der Waals surface area contributed by atoms with Gasteiger partial charge in [-0.05, 0) is 49.4 Å². The van der Waals surface area contributed by atoms with E-state index in [9.17, 15) is 9.59 Å². The van der Waals surface area contributed by atoms with Crippen LogP contribution in [0.15, 0.2) is 18.2 Å². The number of hydrogen-bond acceptors (Lipinski definition) is 4. The molecule has 7 nitrogen and oxygen atoms in total. The lowest BCUT2D eigenvalue weighted by molar-refractivity contribution is -0.116. The van der Waals surface area contributed by atoms with Gasteiger partial charge in [0.1, 0.15) is 5.69 Å². The average Bonchev–Trinajstić information content (AvgIpc) is 3.06. The summed E-state index contributed by atoms with van der Waals surface area (Å²) in [5.41, 5.74) is 9.80. The number of amides is 2. The van der Waals surface area contributed by atoms with Crippen molar-refractivity contribution in [3.05, 3.63) is 40.6 Å². The molecule has 4 rings (SSSR count). The van der Waals surface area contributed by atoms with Crippen molar-refractivity contribution in [2.24, 2.45) is 5.73 Å². The van der Waals surface area contributed by atoms with E-state index in [0.29, 0.717) is 11.4 Å². The highest BCUT2D eigenvalue weighted by atomic mass is 16.2. The number of H-pyrrole nitrogens is 1. The van der Waals surface area contributed by atoms with Gasteiger partial charge in [0.2, 0.25) is 5.91 Å². The molecule has 26 heavy (non-hydrogen) atoms. The molecule has 3 heterocycles. The van der Waals surface area contributed by atoms with Crippen LogP contribution in [0.25, 0.3) is 0 Å². The Morgan fingerprint density at radius 2 is 2.04 bits per heavy atom. The van der Waals surface area contributed by atoms with Crippen LogP contribution in [0.5, 0.6) is 0 Å². The largest absolute Gasteiger partial charge is 0.372 e. The van der Waals surface area contributed by atoms with E-state index in [4.69, 9.17) is 5.73 Å². The van der Waals surface area contributed by atoms with Crippen molar-refractivity contribution in [3.63, 3.8) is 0 Å². The van der Waals surface area contributed by atoms with Crippen LogP contribution in [0.3, 0.4) is 0 Å². The molecule has 0 spiro atoms. The molecule has 4 N–H and O–H groups in total. The first-order valence-corrected chi connectivity index (χ1v) is 9.08. The van der Waals surface area contributed by atoms with E-state index >= 15 is 0 Å². The first-order chi connectivity index (χ1) is 12.5. The normalized spacial score (nSPS) is 19.8. The highest BCUT2D eigenvalue weighted by Gasteiger charge is 2.33. The zero-order chi connectivity index (χ0) is 18.3. The minimum atomic E-state index is -0.567. The first-order valence-electron chi connectivity index (χ1n) is 9.08. The van der Waals surface area contributed by atoms with Gasteiger partial charge in [0.05, 0.1) is 0 Å². The molecule has 1 fully saturated rings. The number of aryl methyl sites for hydroxylation is 1. The van der Waals surface area contributed by atoms with E-state index in [1.165, 1.54) is 24.9 Å². The third kappa shape index (κ3) is 2.83. The van der Waals surface area contributed by atoms with Crippen LogP contribution >= 0.6 is 0 Å². The van der Waals surface area contributed by atoms with E-state index in [0.717, 1.165) is 24.2 Å². The molecule has 2 aliphatic rings. The molecule has 1 aromatic carbocycles. The van der Waals surface area contributed by atoms with Crippen molar-refractivity contribution in [3.8, 4) is 0 Å². The standard InChI is InChI=1S/C19H23N5O2/c1-11-9-12(24-7-3-2-4-8-24)5-6-13(11)14-10-15(25)21-19-16(14)17(18(20)26)22-23-19/h5-6,9,14H,2-4,7-8,10H2,1H3,(H2,20,26)(H2,21,22,23,25). The lowest BCUT2D eigenvalue weighted by Gasteiger charge is -2.30. The van der Waals surface area contributed by atoms with Crippen molar-refractivity contribution in [1.29, 1.82) is 0 Å². The van der Waals surface area contributed by atoms with Gasteiger partial charge in [0, 0.05) is 36.7 Å². The number of aromatic nitrogens is 2. The predicted molar refractivity (Wildman–Crippen MR) is 99.4 cm³/mol. The van der Waals surface area contributed by atoms with Gasteiger partial charge in [-0.15, -0.1) is 0 Å². The first kappa shape index (κ1) is 16.6. The summed E-state index contributed by atoms with van der Waals surface area (Å²) in [4.78, 5) is 26.3. The van der Waals surface area contributed by atoms with Crippen LogP contribution in [-0.4, -0.2) is 35.1 Å². The van der Waals surface area contributed by atoms with Crippen molar-refractivity contribution in [2.75, 3.05) is 23.3 Å². The fourth-order valence-corrected chi connectivity index (χ4v) is 4.11. The maximum Gasteiger partial charge on any atom is 0.267 e. The number of rotatable bonds is 3. The fraction of sp³-hybridized carbons (Fsp3) is 0.421. The molecule has 2 aliphatic heterocycles. The minimum absolute atomic E-state index is 0.107. The quantitative estimate of drug-likeness (QED) is 0.787. The molecule has 2 amide bonds. The highest BCUT2D eigenvalue weighted by molar-refractivity contribution is 6.00. The molecule has 1 unspecified atom stereocenters. The summed E-state index contributed by atoms with van der Waals surface area (Å²) in [6.07, 6.45) is 4.02. The van der Waals surface area contributed by atoms with Crippen LogP contribution in [0.4, 0.5) is 11.5 Å². The Labute approximate surface area is 151 Å². The number of fused-ring (bicyclic) bond motifs is 1. The molecule has 1 saturated heterocycles. The van der Waals surface area contributed by atoms with Gasteiger partial charge >= 0.3 is 0 Å². The van der Waals surface area contributed by atoms with E-state index in [2.05, 4.69) is 45.5 Å². The molecule has 2 aromatic rings. The monoisotopic (exact) mass is 353 g/mol. The van der Waals surface area contributed by atoms with Crippen LogP contribution < -0.4 is 16.0 Å². The number of nitrogens with two attached hydrogens (primary N) is 1. The van der Waals surface area contributed by atoms with Crippen LogP contribution in [0.2, 0.25) is 0 Å². The van der Waals surface area contributed by atoms with E-state index in [1.807, 2.05) is 0 Å². The highest BCUT2D eigenvalue weighted by Crippen LogP contribution is 2.40. The predicted octanol–water partition coefficient (Wildman–Crippen LogP) is 2.28. The molecule has 0 bridgehead atoms. The Bertz CT molecular complexity index is 867. The van der Waals surface area contributed by atoms with Crippen molar-refractivity contribution in [2.45, 2.75) is 38.5 Å². The Morgan fingerprint density at radius 3 is 2.73 bits per heavy atom. The smallest absolute Gasteiger partial charge is 0.267 e. The number of hydrogen-bond donors (Lipinski definition) is 3. The van der Waals surface area contributed by atoms with Gasteiger partial charge in [-0.1, -0.05) is 6.07 Å². The van der Waals surface area contributed by atoms with Crippen LogP contribution in [0, 0.1) is 6.92 Å². The van der Waals surface area contributed by atoms with Gasteiger partial charge in [-0.25, -0.2) is 0 Å². The summed E-state index contributed by atoms with van der Waals surface area (Å²) < 4.78 is 0. The number of anilines is 2. The van der Waals surface area contributed by atoms with Crippen LogP contribution in [-0.2, 0) is 4.79 Å². The Hall–Kier alpha value is -2.83. The fourth-order valence-electron chi connectivity index (χ4n) is 4.11. The van der Waals surface area contributed by atoms with Crippen molar-refractivity contribution in [1.82, 2.24) is 10.2 Å².